The number of phosphoric acid groups is 1. The van der Waals surface area contributed by atoms with Crippen LogP contribution in [-0.4, -0.2) is 74.4 Å². The van der Waals surface area contributed by atoms with E-state index in [1.54, 1.807) is 22.2 Å². The second-order valence-corrected chi connectivity index (χ2v) is 11.0. The van der Waals surface area contributed by atoms with Crippen molar-refractivity contribution in [3.8, 4) is 5.75 Å². The molecule has 15 heteroatoms. The van der Waals surface area contributed by atoms with Gasteiger partial charge in [-0.15, -0.1) is 6.58 Å². The summed E-state index contributed by atoms with van der Waals surface area (Å²) in [5.41, 5.74) is 2.18. The summed E-state index contributed by atoms with van der Waals surface area (Å²) in [7, 11) is -5.23. The van der Waals surface area contributed by atoms with Gasteiger partial charge in [0.2, 0.25) is 17.7 Å². The number of benzene rings is 2. The van der Waals surface area contributed by atoms with Crippen molar-refractivity contribution in [2.24, 2.45) is 0 Å². The number of carbonyl (C=O) groups excluding carboxylic acids is 3. The molecule has 2 fully saturated rings. The first-order valence-electron chi connectivity index (χ1n) is 12.9. The van der Waals surface area contributed by atoms with E-state index in [0.29, 0.717) is 5.56 Å². The van der Waals surface area contributed by atoms with Crippen molar-refractivity contribution in [1.29, 1.82) is 0 Å². The van der Waals surface area contributed by atoms with Gasteiger partial charge >= 0.3 is 59.1 Å². The van der Waals surface area contributed by atoms with Crippen LogP contribution in [0.15, 0.2) is 73.4 Å². The zero-order valence-corrected chi connectivity index (χ0v) is 29.2. The van der Waals surface area contributed by atoms with Gasteiger partial charge in [-0.1, -0.05) is 42.5 Å². The first kappa shape index (κ1) is 35.4. The average molecular weight is 624 g/mol. The SMILES string of the molecule is C=CCN1CC(=O)N2[C@@H](Cc3ccc(OP(=O)([O-])[O-])cc3)C(=O)N(Cc3cccc4cccnc34)C[C@@H]2N1C(C)=O.[Na+].[Na+]. The molecule has 5 rings (SSSR count). The average Bonchev–Trinajstić information content (AvgIpc) is 2.91. The molecule has 3 aromatic rings. The quantitative estimate of drug-likeness (QED) is 0.136. The topological polar surface area (TPSA) is 149 Å². The van der Waals surface area contributed by atoms with Gasteiger partial charge in [0.25, 0.3) is 0 Å². The summed E-state index contributed by atoms with van der Waals surface area (Å²) >= 11 is 0. The number of hydrogen-bond acceptors (Lipinski definition) is 9. The maximum absolute atomic E-state index is 14.0. The summed E-state index contributed by atoms with van der Waals surface area (Å²) < 4.78 is 15.4. The molecule has 0 saturated carbocycles. The number of carbonyl (C=O) groups is 3. The molecular formula is C28H28N5Na2O7P. The molecule has 12 nitrogen and oxygen atoms in total. The van der Waals surface area contributed by atoms with E-state index in [-0.39, 0.29) is 115 Å². The molecule has 43 heavy (non-hydrogen) atoms. The molecule has 0 unspecified atom stereocenters. The molecule has 3 heterocycles. The van der Waals surface area contributed by atoms with Crippen molar-refractivity contribution in [2.75, 3.05) is 19.6 Å². The number of hydrazine groups is 1. The fraction of sp³-hybridized carbons (Fsp3) is 0.286. The van der Waals surface area contributed by atoms with Crippen LogP contribution < -0.4 is 73.4 Å². The van der Waals surface area contributed by atoms with Gasteiger partial charge in [-0.3, -0.25) is 24.4 Å². The molecule has 0 bridgehead atoms. The Bertz CT molecular complexity index is 1550. The summed E-state index contributed by atoms with van der Waals surface area (Å²) in [6.45, 7) is 5.63. The van der Waals surface area contributed by atoms with Gasteiger partial charge < -0.3 is 28.7 Å². The van der Waals surface area contributed by atoms with Crippen LogP contribution in [0, 0.1) is 0 Å². The Morgan fingerprint density at radius 2 is 1.81 bits per heavy atom. The van der Waals surface area contributed by atoms with Crippen molar-refractivity contribution < 1.29 is 92.4 Å². The van der Waals surface area contributed by atoms with Gasteiger partial charge in [-0.25, -0.2) is 5.01 Å². The number of rotatable bonds is 8. The fourth-order valence-electron chi connectivity index (χ4n) is 5.53. The van der Waals surface area contributed by atoms with Crippen LogP contribution in [0.5, 0.6) is 5.75 Å². The number of pyridine rings is 1. The Labute approximate surface area is 293 Å². The molecule has 2 aliphatic rings. The van der Waals surface area contributed by atoms with Crippen LogP contribution in [-0.2, 0) is 31.9 Å². The summed E-state index contributed by atoms with van der Waals surface area (Å²) in [6, 6.07) is 14.2. The predicted molar refractivity (Wildman–Crippen MR) is 144 cm³/mol. The van der Waals surface area contributed by atoms with Gasteiger partial charge in [0.15, 0.2) is 0 Å². The molecule has 3 amide bonds. The van der Waals surface area contributed by atoms with E-state index in [2.05, 4.69) is 16.1 Å². The van der Waals surface area contributed by atoms with E-state index in [0.717, 1.165) is 16.5 Å². The first-order valence-corrected chi connectivity index (χ1v) is 14.4. The Morgan fingerprint density at radius 1 is 1.12 bits per heavy atom. The number of phosphoric ester groups is 1. The third-order valence-corrected chi connectivity index (χ3v) is 7.57. The Hall–Kier alpha value is -2.09. The molecule has 0 aliphatic carbocycles. The molecule has 2 saturated heterocycles. The van der Waals surface area contributed by atoms with Gasteiger partial charge in [-0.2, -0.15) is 0 Å². The van der Waals surface area contributed by atoms with Crippen molar-refractivity contribution in [3.63, 3.8) is 0 Å². The zero-order valence-electron chi connectivity index (χ0n) is 24.3. The molecule has 0 spiro atoms. The van der Waals surface area contributed by atoms with E-state index in [1.807, 2.05) is 30.3 Å². The molecular weight excluding hydrogens is 595 g/mol. The number of fused-ring (bicyclic) bond motifs is 2. The monoisotopic (exact) mass is 623 g/mol. The van der Waals surface area contributed by atoms with Crippen LogP contribution in [0.3, 0.4) is 0 Å². The van der Waals surface area contributed by atoms with Gasteiger partial charge in [0.1, 0.15) is 25.8 Å². The van der Waals surface area contributed by atoms with Crippen LogP contribution >= 0.6 is 7.82 Å². The number of para-hydroxylation sites is 1. The maximum atomic E-state index is 14.0. The van der Waals surface area contributed by atoms with Crippen LogP contribution in [0.4, 0.5) is 0 Å². The van der Waals surface area contributed by atoms with E-state index in [1.165, 1.54) is 41.1 Å². The van der Waals surface area contributed by atoms with Gasteiger partial charge in [0.05, 0.1) is 18.6 Å². The Balaban J connectivity index is 0.00000253. The maximum Gasteiger partial charge on any atom is 1.00 e. The summed E-state index contributed by atoms with van der Waals surface area (Å²) in [5, 5.41) is 4.05. The van der Waals surface area contributed by atoms with E-state index < -0.39 is 20.0 Å². The summed E-state index contributed by atoms with van der Waals surface area (Å²) in [6.07, 6.45) is 2.63. The number of nitrogens with zero attached hydrogens (tertiary/aromatic N) is 5. The summed E-state index contributed by atoms with van der Waals surface area (Å²) in [4.78, 5) is 70.0. The molecule has 0 radical (unpaired) electrons. The predicted octanol–water partition coefficient (Wildman–Crippen LogP) is -5.18. The normalized spacial score (nSPS) is 18.9. The molecule has 2 aliphatic heterocycles. The molecule has 1 aromatic heterocycles. The van der Waals surface area contributed by atoms with Crippen LogP contribution in [0.1, 0.15) is 18.1 Å². The molecule has 0 N–H and O–H groups in total. The van der Waals surface area contributed by atoms with Crippen molar-refractivity contribution in [3.05, 3.63) is 84.6 Å². The second kappa shape index (κ2) is 14.8. The minimum absolute atomic E-state index is 0. The minimum atomic E-state index is -5.23. The zero-order chi connectivity index (χ0) is 29.3. The molecule has 214 valence electrons. The number of aromatic nitrogens is 1. The second-order valence-electron chi connectivity index (χ2n) is 9.89. The Morgan fingerprint density at radius 3 is 2.47 bits per heavy atom. The largest absolute Gasteiger partial charge is 1.00 e. The standard InChI is InChI=1S/C28H30N5O7P.2Na/c1-3-14-31-18-26(35)32-24(15-20-9-11-23(12-10-20)40-41(37,38)39)28(36)30(17-25(32)33(31)19(2)34)16-22-7-4-6-21-8-5-13-29-27(21)22;;/h3-13,24-25H,1,14-18H2,2H3,(H2,37,38,39);;/q;2*+1/p-2/t24-,25-;;/m0../s1. The number of piperazine rings is 1. The van der Waals surface area contributed by atoms with E-state index in [9.17, 15) is 28.7 Å². The van der Waals surface area contributed by atoms with Crippen LogP contribution in [0.25, 0.3) is 10.9 Å². The van der Waals surface area contributed by atoms with E-state index >= 15 is 0 Å². The van der Waals surface area contributed by atoms with Crippen LogP contribution in [0.2, 0.25) is 0 Å². The number of hydrogen-bond donors (Lipinski definition) is 0. The van der Waals surface area contributed by atoms with Gasteiger partial charge in [0, 0.05) is 38.0 Å². The smallest absolute Gasteiger partial charge is 0.780 e. The Kier molecular flexibility index (Phi) is 12.2. The molecule has 2 aromatic carbocycles. The third kappa shape index (κ3) is 7.96. The van der Waals surface area contributed by atoms with Gasteiger partial charge in [-0.05, 0) is 29.3 Å². The van der Waals surface area contributed by atoms with Crippen molar-refractivity contribution >= 4 is 36.4 Å². The molecule has 2 atom stereocenters. The first-order chi connectivity index (χ1) is 19.6. The van der Waals surface area contributed by atoms with E-state index in [4.69, 9.17) is 0 Å². The summed E-state index contributed by atoms with van der Waals surface area (Å²) in [5.74, 6) is -1.04. The fourth-order valence-corrected chi connectivity index (χ4v) is 5.91. The third-order valence-electron chi connectivity index (χ3n) is 7.14. The van der Waals surface area contributed by atoms with Crippen molar-refractivity contribution in [1.82, 2.24) is 24.8 Å². The number of amides is 3. The van der Waals surface area contributed by atoms with Crippen molar-refractivity contribution in [2.45, 2.75) is 32.1 Å². The minimum Gasteiger partial charge on any atom is -0.780 e.